The summed E-state index contributed by atoms with van der Waals surface area (Å²) in [6.45, 7) is 2.47. The van der Waals surface area contributed by atoms with Gasteiger partial charge in [0.2, 0.25) is 6.29 Å². The molecular weight excluding hydrogens is 308 g/mol. The van der Waals surface area contributed by atoms with E-state index < -0.39 is 12.4 Å². The van der Waals surface area contributed by atoms with Gasteiger partial charge in [0.25, 0.3) is 11.8 Å². The molecule has 0 unspecified atom stereocenters. The standard InChI is InChI=1S/C18H22N2O4/c21-16(19-9-5-2-6-10-19)15-14-12-20(17(22)18(23-14)24-15)11-13-7-3-1-4-8-13/h1,3-4,7-8,14-15,18H,2,5-6,9-12H2/t14-,15-,18+/m0/s1. The van der Waals surface area contributed by atoms with Crippen molar-refractivity contribution in [2.75, 3.05) is 19.6 Å². The van der Waals surface area contributed by atoms with Crippen molar-refractivity contribution < 1.29 is 19.1 Å². The van der Waals surface area contributed by atoms with Gasteiger partial charge in [-0.25, -0.2) is 0 Å². The molecule has 0 aliphatic carbocycles. The Morgan fingerprint density at radius 2 is 1.83 bits per heavy atom. The molecule has 0 spiro atoms. The van der Waals surface area contributed by atoms with Crippen LogP contribution in [0.5, 0.6) is 0 Å². The summed E-state index contributed by atoms with van der Waals surface area (Å²) < 4.78 is 11.3. The number of benzene rings is 1. The average Bonchev–Trinajstić information content (AvgIpc) is 3.00. The number of hydrogen-bond acceptors (Lipinski definition) is 4. The van der Waals surface area contributed by atoms with E-state index >= 15 is 0 Å². The molecule has 3 atom stereocenters. The highest BCUT2D eigenvalue weighted by Crippen LogP contribution is 2.29. The van der Waals surface area contributed by atoms with Gasteiger partial charge in [-0.1, -0.05) is 30.3 Å². The molecule has 24 heavy (non-hydrogen) atoms. The fraction of sp³-hybridized carbons (Fsp3) is 0.556. The van der Waals surface area contributed by atoms with Crippen LogP contribution in [0.3, 0.4) is 0 Å². The smallest absolute Gasteiger partial charge is 0.280 e. The maximum Gasteiger partial charge on any atom is 0.280 e. The molecule has 6 heteroatoms. The summed E-state index contributed by atoms with van der Waals surface area (Å²) in [5.74, 6) is -0.222. The molecule has 3 aliphatic rings. The average molecular weight is 330 g/mol. The van der Waals surface area contributed by atoms with Crippen LogP contribution in [-0.4, -0.2) is 59.7 Å². The summed E-state index contributed by atoms with van der Waals surface area (Å²) in [4.78, 5) is 28.8. The molecule has 2 amide bonds. The Kier molecular flexibility index (Phi) is 4.24. The third-order valence-corrected chi connectivity index (χ3v) is 4.95. The van der Waals surface area contributed by atoms with Crippen molar-refractivity contribution in [2.24, 2.45) is 0 Å². The zero-order chi connectivity index (χ0) is 16.5. The molecule has 0 radical (unpaired) electrons. The zero-order valence-corrected chi connectivity index (χ0v) is 13.6. The number of hydrogen-bond donors (Lipinski definition) is 0. The van der Waals surface area contributed by atoms with E-state index in [0.717, 1.165) is 31.5 Å². The molecule has 6 nitrogen and oxygen atoms in total. The highest BCUT2D eigenvalue weighted by molar-refractivity contribution is 5.86. The first-order valence-electron chi connectivity index (χ1n) is 8.65. The summed E-state index contributed by atoms with van der Waals surface area (Å²) in [5, 5.41) is 0. The normalized spacial score (nSPS) is 29.8. The van der Waals surface area contributed by atoms with Crippen LogP contribution in [0, 0.1) is 0 Å². The topological polar surface area (TPSA) is 59.1 Å². The molecule has 4 rings (SSSR count). The number of fused-ring (bicyclic) bond motifs is 2. The molecule has 3 saturated heterocycles. The SMILES string of the molecule is O=C1[C@@H]2O[C@@H](CN1Cc1ccccc1)[C@@H](C(=O)N1CCCCC1)O2. The lowest BCUT2D eigenvalue weighted by Gasteiger charge is -2.32. The Morgan fingerprint density at radius 3 is 2.58 bits per heavy atom. The monoisotopic (exact) mass is 330 g/mol. The number of carbonyl (C=O) groups excluding carboxylic acids is 2. The zero-order valence-electron chi connectivity index (χ0n) is 13.6. The number of ether oxygens (including phenoxy) is 2. The Bertz CT molecular complexity index is 615. The number of rotatable bonds is 3. The van der Waals surface area contributed by atoms with Gasteiger partial charge >= 0.3 is 0 Å². The van der Waals surface area contributed by atoms with Crippen molar-refractivity contribution in [3.8, 4) is 0 Å². The molecule has 0 aromatic heterocycles. The molecule has 1 aromatic carbocycles. The lowest BCUT2D eigenvalue weighted by molar-refractivity contribution is -0.172. The van der Waals surface area contributed by atoms with E-state index in [9.17, 15) is 9.59 Å². The van der Waals surface area contributed by atoms with Gasteiger partial charge in [-0.2, -0.15) is 0 Å². The van der Waals surface area contributed by atoms with Crippen LogP contribution in [-0.2, 0) is 25.6 Å². The number of likely N-dealkylation sites (tertiary alicyclic amines) is 1. The van der Waals surface area contributed by atoms with Crippen LogP contribution in [0.4, 0.5) is 0 Å². The van der Waals surface area contributed by atoms with Gasteiger partial charge < -0.3 is 19.3 Å². The van der Waals surface area contributed by atoms with Crippen LogP contribution >= 0.6 is 0 Å². The quantitative estimate of drug-likeness (QED) is 0.834. The van der Waals surface area contributed by atoms with Gasteiger partial charge in [0, 0.05) is 19.6 Å². The van der Waals surface area contributed by atoms with E-state index in [1.807, 2.05) is 35.2 Å². The molecule has 3 heterocycles. The van der Waals surface area contributed by atoms with Gasteiger partial charge in [0.1, 0.15) is 6.10 Å². The van der Waals surface area contributed by atoms with Crippen molar-refractivity contribution >= 4 is 11.8 Å². The summed E-state index contributed by atoms with van der Waals surface area (Å²) in [6, 6.07) is 9.83. The minimum absolute atomic E-state index is 0.0310. The van der Waals surface area contributed by atoms with Crippen LogP contribution in [0.2, 0.25) is 0 Å². The third-order valence-electron chi connectivity index (χ3n) is 4.95. The maximum atomic E-state index is 12.7. The Labute approximate surface area is 141 Å². The Morgan fingerprint density at radius 1 is 1.08 bits per heavy atom. The molecule has 0 N–H and O–H groups in total. The predicted molar refractivity (Wildman–Crippen MR) is 85.8 cm³/mol. The minimum Gasteiger partial charge on any atom is -0.340 e. The highest BCUT2D eigenvalue weighted by atomic mass is 16.7. The van der Waals surface area contributed by atoms with Gasteiger partial charge in [-0.3, -0.25) is 9.59 Å². The van der Waals surface area contributed by atoms with Crippen LogP contribution < -0.4 is 0 Å². The van der Waals surface area contributed by atoms with Crippen molar-refractivity contribution in [3.63, 3.8) is 0 Å². The lowest BCUT2D eigenvalue weighted by atomic mass is 10.1. The third kappa shape index (κ3) is 2.91. The van der Waals surface area contributed by atoms with E-state index in [1.165, 1.54) is 6.42 Å². The van der Waals surface area contributed by atoms with Gasteiger partial charge in [0.05, 0.1) is 6.54 Å². The first-order chi connectivity index (χ1) is 11.7. The van der Waals surface area contributed by atoms with Crippen LogP contribution in [0.25, 0.3) is 0 Å². The fourth-order valence-electron chi connectivity index (χ4n) is 3.65. The number of piperidine rings is 1. The molecule has 1 aromatic rings. The first kappa shape index (κ1) is 15.6. The van der Waals surface area contributed by atoms with Crippen molar-refractivity contribution in [1.82, 2.24) is 9.80 Å². The van der Waals surface area contributed by atoms with Crippen LogP contribution in [0.1, 0.15) is 24.8 Å². The van der Waals surface area contributed by atoms with E-state index in [1.54, 1.807) is 4.90 Å². The maximum absolute atomic E-state index is 12.7. The van der Waals surface area contributed by atoms with E-state index in [4.69, 9.17) is 9.47 Å². The Balaban J connectivity index is 1.45. The van der Waals surface area contributed by atoms with E-state index in [2.05, 4.69) is 0 Å². The lowest BCUT2D eigenvalue weighted by Crippen LogP contribution is -2.50. The molecule has 2 bridgehead atoms. The molecule has 0 saturated carbocycles. The summed E-state index contributed by atoms with van der Waals surface area (Å²) >= 11 is 0. The summed E-state index contributed by atoms with van der Waals surface area (Å²) in [6.07, 6.45) is 1.27. The van der Waals surface area contributed by atoms with Crippen molar-refractivity contribution in [1.29, 1.82) is 0 Å². The predicted octanol–water partition coefficient (Wildman–Crippen LogP) is 1.15. The first-order valence-corrected chi connectivity index (χ1v) is 8.65. The van der Waals surface area contributed by atoms with Gasteiger partial charge in [-0.05, 0) is 24.8 Å². The summed E-state index contributed by atoms with van der Waals surface area (Å²) in [7, 11) is 0. The fourth-order valence-corrected chi connectivity index (χ4v) is 3.65. The molecule has 3 aliphatic heterocycles. The number of nitrogens with zero attached hydrogens (tertiary/aromatic N) is 2. The van der Waals surface area contributed by atoms with Gasteiger partial charge in [-0.15, -0.1) is 0 Å². The molecule has 3 fully saturated rings. The molecular formula is C18H22N2O4. The second kappa shape index (κ2) is 6.53. The second-order valence-corrected chi connectivity index (χ2v) is 6.65. The summed E-state index contributed by atoms with van der Waals surface area (Å²) in [5.41, 5.74) is 1.06. The number of morpholine rings is 1. The highest BCUT2D eigenvalue weighted by Gasteiger charge is 2.51. The number of carbonyl (C=O) groups is 2. The Hall–Kier alpha value is -1.92. The number of amides is 2. The van der Waals surface area contributed by atoms with E-state index in [-0.39, 0.29) is 17.9 Å². The van der Waals surface area contributed by atoms with E-state index in [0.29, 0.717) is 13.1 Å². The van der Waals surface area contributed by atoms with Gasteiger partial charge in [0.15, 0.2) is 6.10 Å². The second-order valence-electron chi connectivity index (χ2n) is 6.65. The molecule has 128 valence electrons. The largest absolute Gasteiger partial charge is 0.340 e. The van der Waals surface area contributed by atoms with Crippen molar-refractivity contribution in [2.45, 2.75) is 44.3 Å². The minimum atomic E-state index is -0.939. The van der Waals surface area contributed by atoms with Crippen LogP contribution in [0.15, 0.2) is 30.3 Å². The van der Waals surface area contributed by atoms with Crippen molar-refractivity contribution in [3.05, 3.63) is 35.9 Å².